The predicted octanol–water partition coefficient (Wildman–Crippen LogP) is 1.79. The van der Waals surface area contributed by atoms with Gasteiger partial charge in [0.1, 0.15) is 5.60 Å². The largest absolute Gasteiger partial charge is 0.367 e. The minimum absolute atomic E-state index is 0.126. The first kappa shape index (κ1) is 12.5. The lowest BCUT2D eigenvalue weighted by molar-refractivity contribution is 0.00768. The van der Waals surface area contributed by atoms with Crippen LogP contribution in [0.5, 0.6) is 0 Å². The third-order valence-electron chi connectivity index (χ3n) is 3.51. The molecule has 2 rings (SSSR count). The maximum Gasteiger partial charge on any atom is 0.231 e. The molecule has 0 amide bonds. The van der Waals surface area contributed by atoms with Crippen molar-refractivity contribution in [3.8, 4) is 0 Å². The van der Waals surface area contributed by atoms with Crippen LogP contribution in [0.2, 0.25) is 0 Å². The van der Waals surface area contributed by atoms with E-state index in [1.807, 2.05) is 6.92 Å². The van der Waals surface area contributed by atoms with Gasteiger partial charge in [-0.25, -0.2) is 0 Å². The highest BCUT2D eigenvalue weighted by Gasteiger charge is 2.37. The molecular formula is C12H21N3O2. The molecule has 5 heteroatoms. The second-order valence-electron chi connectivity index (χ2n) is 5.23. The monoisotopic (exact) mass is 239 g/mol. The predicted molar refractivity (Wildman–Crippen MR) is 63.5 cm³/mol. The van der Waals surface area contributed by atoms with Gasteiger partial charge in [-0.1, -0.05) is 19.0 Å². The van der Waals surface area contributed by atoms with Crippen molar-refractivity contribution in [1.29, 1.82) is 0 Å². The number of aromatic nitrogens is 2. The molecule has 5 nitrogen and oxygen atoms in total. The van der Waals surface area contributed by atoms with Gasteiger partial charge in [-0.15, -0.1) is 0 Å². The molecule has 1 aromatic rings. The van der Waals surface area contributed by atoms with Crippen LogP contribution >= 0.6 is 0 Å². The van der Waals surface area contributed by atoms with E-state index in [1.54, 1.807) is 0 Å². The second kappa shape index (κ2) is 4.74. The van der Waals surface area contributed by atoms with E-state index >= 15 is 0 Å². The van der Waals surface area contributed by atoms with Gasteiger partial charge in [0, 0.05) is 13.2 Å². The molecule has 2 N–H and O–H groups in total. The van der Waals surface area contributed by atoms with Crippen LogP contribution in [0, 0.1) is 5.92 Å². The molecule has 2 unspecified atom stereocenters. The van der Waals surface area contributed by atoms with Gasteiger partial charge in [0.15, 0.2) is 0 Å². The third-order valence-corrected chi connectivity index (χ3v) is 3.51. The van der Waals surface area contributed by atoms with Gasteiger partial charge in [-0.05, 0) is 25.7 Å². The summed E-state index contributed by atoms with van der Waals surface area (Å²) >= 11 is 0. The fourth-order valence-electron chi connectivity index (χ4n) is 2.21. The summed E-state index contributed by atoms with van der Waals surface area (Å²) in [5, 5.41) is 4.05. The molecule has 2 heterocycles. The van der Waals surface area contributed by atoms with Crippen LogP contribution in [0.15, 0.2) is 4.52 Å². The summed E-state index contributed by atoms with van der Waals surface area (Å²) < 4.78 is 11.0. The summed E-state index contributed by atoms with van der Waals surface area (Å²) in [6.07, 6.45) is 1.99. The van der Waals surface area contributed by atoms with E-state index < -0.39 is 0 Å². The second-order valence-corrected chi connectivity index (χ2v) is 5.23. The highest BCUT2D eigenvalue weighted by molar-refractivity contribution is 5.04. The van der Waals surface area contributed by atoms with E-state index in [2.05, 4.69) is 24.0 Å². The van der Waals surface area contributed by atoms with Crippen molar-refractivity contribution >= 4 is 0 Å². The van der Waals surface area contributed by atoms with Gasteiger partial charge in [0.25, 0.3) is 0 Å². The normalized spacial score (nSPS) is 26.6. The van der Waals surface area contributed by atoms with E-state index in [1.165, 1.54) is 0 Å². The van der Waals surface area contributed by atoms with Crippen LogP contribution in [0.1, 0.15) is 51.2 Å². The minimum Gasteiger partial charge on any atom is -0.367 e. The molecule has 96 valence electrons. The Morgan fingerprint density at radius 1 is 1.47 bits per heavy atom. The highest BCUT2D eigenvalue weighted by atomic mass is 16.5. The molecule has 0 saturated carbocycles. The Labute approximate surface area is 102 Å². The van der Waals surface area contributed by atoms with E-state index in [4.69, 9.17) is 15.0 Å². The Morgan fingerprint density at radius 2 is 2.24 bits per heavy atom. The Kier molecular flexibility index (Phi) is 3.49. The molecule has 0 aliphatic carbocycles. The van der Waals surface area contributed by atoms with E-state index in [9.17, 15) is 0 Å². The molecule has 1 aliphatic heterocycles. The maximum absolute atomic E-state index is 5.74. The van der Waals surface area contributed by atoms with Gasteiger partial charge in [-0.2, -0.15) is 4.98 Å². The van der Waals surface area contributed by atoms with E-state index in [0.717, 1.165) is 19.4 Å². The molecule has 0 bridgehead atoms. The molecule has 17 heavy (non-hydrogen) atoms. The molecule has 0 aromatic carbocycles. The Hall–Kier alpha value is -0.940. The van der Waals surface area contributed by atoms with Crippen molar-refractivity contribution in [2.75, 3.05) is 13.2 Å². The van der Waals surface area contributed by atoms with Crippen LogP contribution in [0.3, 0.4) is 0 Å². The summed E-state index contributed by atoms with van der Waals surface area (Å²) in [5.74, 6) is 1.81. The first-order valence-electron chi connectivity index (χ1n) is 6.25. The minimum atomic E-state index is -0.377. The van der Waals surface area contributed by atoms with Crippen LogP contribution < -0.4 is 5.73 Å². The van der Waals surface area contributed by atoms with Crippen molar-refractivity contribution in [2.45, 2.75) is 45.1 Å². The lowest BCUT2D eigenvalue weighted by atomic mass is 9.96. The van der Waals surface area contributed by atoms with Crippen molar-refractivity contribution in [1.82, 2.24) is 10.1 Å². The topological polar surface area (TPSA) is 74.2 Å². The molecule has 1 saturated heterocycles. The van der Waals surface area contributed by atoms with Crippen molar-refractivity contribution in [3.63, 3.8) is 0 Å². The fourth-order valence-corrected chi connectivity index (χ4v) is 2.21. The molecule has 1 fully saturated rings. The number of hydrogen-bond donors (Lipinski definition) is 1. The van der Waals surface area contributed by atoms with Crippen molar-refractivity contribution < 1.29 is 9.26 Å². The number of ether oxygens (including phenoxy) is 1. The zero-order valence-corrected chi connectivity index (χ0v) is 10.8. The Morgan fingerprint density at radius 3 is 2.76 bits per heavy atom. The smallest absolute Gasteiger partial charge is 0.231 e. The Balaban J connectivity index is 2.20. The average molecular weight is 239 g/mol. The number of nitrogens with zero attached hydrogens (tertiary/aromatic N) is 2. The van der Waals surface area contributed by atoms with Gasteiger partial charge in [-0.3, -0.25) is 0 Å². The highest BCUT2D eigenvalue weighted by Crippen LogP contribution is 2.34. The molecule has 0 spiro atoms. The summed E-state index contributed by atoms with van der Waals surface area (Å²) in [7, 11) is 0. The van der Waals surface area contributed by atoms with Crippen molar-refractivity contribution in [2.24, 2.45) is 11.7 Å². The number of rotatable bonds is 4. The first-order valence-corrected chi connectivity index (χ1v) is 6.25. The number of nitrogens with two attached hydrogens (primary N) is 1. The lowest BCUT2D eigenvalue weighted by Gasteiger charge is -2.18. The van der Waals surface area contributed by atoms with Crippen molar-refractivity contribution in [3.05, 3.63) is 11.7 Å². The van der Waals surface area contributed by atoms with Gasteiger partial charge < -0.3 is 15.0 Å². The third kappa shape index (κ3) is 2.35. The van der Waals surface area contributed by atoms with Gasteiger partial charge >= 0.3 is 0 Å². The Bertz CT molecular complexity index is 370. The summed E-state index contributed by atoms with van der Waals surface area (Å²) in [4.78, 5) is 4.47. The molecule has 1 aromatic heterocycles. The zero-order chi connectivity index (χ0) is 12.5. The maximum atomic E-state index is 5.74. The zero-order valence-electron chi connectivity index (χ0n) is 10.8. The quantitative estimate of drug-likeness (QED) is 0.867. The van der Waals surface area contributed by atoms with E-state index in [-0.39, 0.29) is 11.5 Å². The fraction of sp³-hybridized carbons (Fsp3) is 0.833. The molecular weight excluding hydrogens is 218 g/mol. The summed E-state index contributed by atoms with van der Waals surface area (Å²) in [6, 6.07) is 0. The SMILES string of the molecule is CC(C)C(CN)c1nc(C2(C)CCCO2)no1. The average Bonchev–Trinajstić information content (AvgIpc) is 2.88. The van der Waals surface area contributed by atoms with Crippen LogP contribution in [-0.2, 0) is 10.3 Å². The van der Waals surface area contributed by atoms with Gasteiger partial charge in [0.05, 0.1) is 5.92 Å². The molecule has 0 radical (unpaired) electrons. The van der Waals surface area contributed by atoms with Gasteiger partial charge in [0.2, 0.25) is 11.7 Å². The number of hydrogen-bond acceptors (Lipinski definition) is 5. The molecule has 1 aliphatic rings. The summed E-state index contributed by atoms with van der Waals surface area (Å²) in [5.41, 5.74) is 5.37. The standard InChI is InChI=1S/C12H21N3O2/c1-8(2)9(7-13)10-14-11(15-17-10)12(3)5-4-6-16-12/h8-9H,4-7,13H2,1-3H3. The lowest BCUT2D eigenvalue weighted by Crippen LogP contribution is -2.22. The van der Waals surface area contributed by atoms with E-state index in [0.29, 0.717) is 24.2 Å². The molecule has 2 atom stereocenters. The van der Waals surface area contributed by atoms with Crippen LogP contribution in [0.4, 0.5) is 0 Å². The first-order chi connectivity index (χ1) is 8.07. The van der Waals surface area contributed by atoms with Crippen LogP contribution in [0.25, 0.3) is 0 Å². The van der Waals surface area contributed by atoms with Crippen LogP contribution in [-0.4, -0.2) is 23.3 Å². The summed E-state index contributed by atoms with van der Waals surface area (Å²) in [6.45, 7) is 7.52.